The fourth-order valence-electron chi connectivity index (χ4n) is 1.45. The first-order valence-electron chi connectivity index (χ1n) is 4.68. The molecule has 1 aromatic carbocycles. The van der Waals surface area contributed by atoms with Crippen LogP contribution in [0.4, 0.5) is 0 Å². The molecule has 0 fully saturated rings. The summed E-state index contributed by atoms with van der Waals surface area (Å²) in [6.07, 6.45) is 0. The predicted octanol–water partition coefficient (Wildman–Crippen LogP) is 2.06. The molecule has 0 aliphatic heterocycles. The lowest BCUT2D eigenvalue weighted by atomic mass is 9.87. The number of nitrogens with zero attached hydrogens (tertiary/aromatic N) is 1. The Balaban J connectivity index is 2.67. The van der Waals surface area contributed by atoms with Crippen LogP contribution in [0.1, 0.15) is 19.5 Å². The van der Waals surface area contributed by atoms with Crippen LogP contribution in [0, 0.1) is 0 Å². The highest BCUT2D eigenvalue weighted by Crippen LogP contribution is 2.31. The maximum atomic E-state index is 11.3. The number of hydrogen-bond donors (Lipinski definition) is 1. The number of carbonyl (C=O) groups excluding carboxylic acids is 1. The zero-order chi connectivity index (χ0) is 11.1. The summed E-state index contributed by atoms with van der Waals surface area (Å²) in [6, 6.07) is 7.87. The van der Waals surface area contributed by atoms with Gasteiger partial charge in [-0.3, -0.25) is 4.79 Å². The average molecular weight is 220 g/mol. The molecule has 0 bridgehead atoms. The monoisotopic (exact) mass is 220 g/mol. The van der Waals surface area contributed by atoms with E-state index in [0.29, 0.717) is 0 Å². The van der Waals surface area contributed by atoms with E-state index in [0.717, 1.165) is 15.8 Å². The van der Waals surface area contributed by atoms with Gasteiger partial charge in [-0.25, -0.2) is 0 Å². The number of rotatable bonds is 2. The average Bonchev–Trinajstić information content (AvgIpc) is 2.61. The van der Waals surface area contributed by atoms with E-state index in [1.54, 1.807) is 13.8 Å². The minimum atomic E-state index is -0.709. The van der Waals surface area contributed by atoms with Crippen LogP contribution in [0.15, 0.2) is 24.3 Å². The van der Waals surface area contributed by atoms with Crippen LogP contribution in [0.3, 0.4) is 0 Å². The van der Waals surface area contributed by atoms with Gasteiger partial charge in [0.1, 0.15) is 0 Å². The lowest BCUT2D eigenvalue weighted by Gasteiger charge is -2.18. The lowest BCUT2D eigenvalue weighted by Crippen LogP contribution is -2.35. The Morgan fingerprint density at radius 1 is 1.40 bits per heavy atom. The third-order valence-electron chi connectivity index (χ3n) is 2.59. The van der Waals surface area contributed by atoms with Crippen LogP contribution in [0.2, 0.25) is 0 Å². The zero-order valence-corrected chi connectivity index (χ0v) is 9.47. The summed E-state index contributed by atoms with van der Waals surface area (Å²) in [5, 5.41) is 1.02. The Hall–Kier alpha value is -1.42. The van der Waals surface area contributed by atoms with Gasteiger partial charge >= 0.3 is 0 Å². The molecule has 0 atom stereocenters. The molecule has 2 aromatic rings. The van der Waals surface area contributed by atoms with Crippen molar-refractivity contribution in [1.82, 2.24) is 4.37 Å². The number of carbonyl (C=O) groups is 1. The Kier molecular flexibility index (Phi) is 2.23. The van der Waals surface area contributed by atoms with Crippen LogP contribution in [-0.4, -0.2) is 10.3 Å². The lowest BCUT2D eigenvalue weighted by molar-refractivity contribution is -0.122. The molecule has 0 saturated carbocycles. The first-order chi connectivity index (χ1) is 7.03. The highest BCUT2D eigenvalue weighted by molar-refractivity contribution is 7.13. The van der Waals surface area contributed by atoms with Crippen molar-refractivity contribution in [3.63, 3.8) is 0 Å². The molecule has 78 valence electrons. The van der Waals surface area contributed by atoms with Crippen LogP contribution in [-0.2, 0) is 10.2 Å². The second-order valence-corrected chi connectivity index (χ2v) is 4.82. The van der Waals surface area contributed by atoms with Gasteiger partial charge in [0.05, 0.1) is 15.8 Å². The fourth-order valence-corrected chi connectivity index (χ4v) is 2.37. The Labute approximate surface area is 92.1 Å². The summed E-state index contributed by atoms with van der Waals surface area (Å²) in [4.78, 5) is 11.3. The van der Waals surface area contributed by atoms with Crippen molar-refractivity contribution in [2.45, 2.75) is 19.3 Å². The quantitative estimate of drug-likeness (QED) is 0.842. The minimum Gasteiger partial charge on any atom is -0.369 e. The van der Waals surface area contributed by atoms with Crippen molar-refractivity contribution in [2.75, 3.05) is 0 Å². The van der Waals surface area contributed by atoms with Gasteiger partial charge in [0.25, 0.3) is 0 Å². The van der Waals surface area contributed by atoms with Gasteiger partial charge in [-0.05, 0) is 31.4 Å². The van der Waals surface area contributed by atoms with Crippen molar-refractivity contribution < 1.29 is 4.79 Å². The Bertz CT molecular complexity index is 516. The van der Waals surface area contributed by atoms with Crippen LogP contribution in [0.5, 0.6) is 0 Å². The van der Waals surface area contributed by atoms with Crippen molar-refractivity contribution in [2.24, 2.45) is 5.73 Å². The molecule has 0 spiro atoms. The number of primary amides is 1. The van der Waals surface area contributed by atoms with E-state index in [9.17, 15) is 4.79 Å². The van der Waals surface area contributed by atoms with Crippen LogP contribution in [0.25, 0.3) is 10.1 Å². The van der Waals surface area contributed by atoms with Gasteiger partial charge in [0.15, 0.2) is 0 Å². The smallest absolute Gasteiger partial charge is 0.229 e. The largest absolute Gasteiger partial charge is 0.369 e. The standard InChI is InChI=1S/C11H12N2OS/c1-11(2,10(12)14)9-7-5-3-4-6-8(7)15-13-9/h3-6H,1-2H3,(H2,12,14). The van der Waals surface area contributed by atoms with Crippen molar-refractivity contribution in [1.29, 1.82) is 0 Å². The molecule has 0 aliphatic carbocycles. The van der Waals surface area contributed by atoms with E-state index in [-0.39, 0.29) is 5.91 Å². The number of amides is 1. The molecule has 1 aromatic heterocycles. The summed E-state index contributed by atoms with van der Waals surface area (Å²) >= 11 is 1.40. The molecule has 1 amide bonds. The molecule has 0 aliphatic rings. The number of fused-ring (bicyclic) bond motifs is 1. The molecule has 0 saturated heterocycles. The van der Waals surface area contributed by atoms with E-state index in [1.807, 2.05) is 24.3 Å². The predicted molar refractivity (Wildman–Crippen MR) is 61.8 cm³/mol. The second kappa shape index (κ2) is 3.31. The molecule has 2 N–H and O–H groups in total. The molecule has 0 radical (unpaired) electrons. The summed E-state index contributed by atoms with van der Waals surface area (Å²) in [6.45, 7) is 3.60. The molecular weight excluding hydrogens is 208 g/mol. The number of hydrogen-bond acceptors (Lipinski definition) is 3. The van der Waals surface area contributed by atoms with Crippen molar-refractivity contribution in [3.8, 4) is 0 Å². The van der Waals surface area contributed by atoms with Crippen LogP contribution >= 0.6 is 11.5 Å². The Morgan fingerprint density at radius 3 is 2.73 bits per heavy atom. The molecule has 0 unspecified atom stereocenters. The third-order valence-corrected chi connectivity index (χ3v) is 3.41. The second-order valence-electron chi connectivity index (χ2n) is 4.02. The van der Waals surface area contributed by atoms with E-state index in [1.165, 1.54) is 11.5 Å². The number of nitrogens with two attached hydrogens (primary N) is 1. The molecule has 4 heteroatoms. The third kappa shape index (κ3) is 1.51. The van der Waals surface area contributed by atoms with Crippen LogP contribution < -0.4 is 5.73 Å². The SMILES string of the molecule is CC(C)(C(N)=O)c1nsc2ccccc12. The summed E-state index contributed by atoms with van der Waals surface area (Å²) in [5.74, 6) is -0.349. The molecule has 15 heavy (non-hydrogen) atoms. The Morgan fingerprint density at radius 2 is 2.07 bits per heavy atom. The van der Waals surface area contributed by atoms with Crippen molar-refractivity contribution >= 4 is 27.5 Å². The van der Waals surface area contributed by atoms with E-state index >= 15 is 0 Å². The van der Waals surface area contributed by atoms with Gasteiger partial charge in [-0.1, -0.05) is 18.2 Å². The zero-order valence-electron chi connectivity index (χ0n) is 8.65. The highest BCUT2D eigenvalue weighted by atomic mass is 32.1. The number of aromatic nitrogens is 1. The molecule has 2 rings (SSSR count). The maximum absolute atomic E-state index is 11.3. The molecule has 3 nitrogen and oxygen atoms in total. The molecular formula is C11H12N2OS. The fraction of sp³-hybridized carbons (Fsp3) is 0.273. The van der Waals surface area contributed by atoms with Gasteiger partial charge < -0.3 is 5.73 Å². The normalized spacial score (nSPS) is 11.9. The highest BCUT2D eigenvalue weighted by Gasteiger charge is 2.31. The minimum absolute atomic E-state index is 0.349. The summed E-state index contributed by atoms with van der Waals surface area (Å²) in [7, 11) is 0. The summed E-state index contributed by atoms with van der Waals surface area (Å²) in [5.41, 5.74) is 5.44. The van der Waals surface area contributed by atoms with E-state index in [4.69, 9.17) is 5.73 Å². The summed E-state index contributed by atoms with van der Waals surface area (Å²) < 4.78 is 5.41. The number of benzene rings is 1. The topological polar surface area (TPSA) is 56.0 Å². The van der Waals surface area contributed by atoms with E-state index in [2.05, 4.69) is 4.37 Å². The van der Waals surface area contributed by atoms with Crippen molar-refractivity contribution in [3.05, 3.63) is 30.0 Å². The maximum Gasteiger partial charge on any atom is 0.229 e. The molecule has 1 heterocycles. The first-order valence-corrected chi connectivity index (χ1v) is 5.45. The first kappa shape index (κ1) is 10.1. The van der Waals surface area contributed by atoms with E-state index < -0.39 is 5.41 Å². The van der Waals surface area contributed by atoms with Gasteiger partial charge in [0.2, 0.25) is 5.91 Å². The van der Waals surface area contributed by atoms with Gasteiger partial charge in [-0.15, -0.1) is 0 Å². The van der Waals surface area contributed by atoms with Gasteiger partial charge in [0, 0.05) is 5.39 Å². The van der Waals surface area contributed by atoms with Gasteiger partial charge in [-0.2, -0.15) is 4.37 Å².